The number of hydrogen-bond donors (Lipinski definition) is 2. The van der Waals surface area contributed by atoms with Gasteiger partial charge in [0.15, 0.2) is 0 Å². The zero-order chi connectivity index (χ0) is 18.3. The molecule has 26 heavy (non-hydrogen) atoms. The first kappa shape index (κ1) is 17.5. The summed E-state index contributed by atoms with van der Waals surface area (Å²) in [6.45, 7) is 2.62. The van der Waals surface area contributed by atoms with Gasteiger partial charge in [0.25, 0.3) is 0 Å². The van der Waals surface area contributed by atoms with E-state index in [1.54, 1.807) is 0 Å². The molecule has 1 aromatic carbocycles. The molecule has 4 rings (SSSR count). The monoisotopic (exact) mass is 419 g/mol. The number of aromatic nitrogens is 1. The molecule has 1 fully saturated rings. The van der Waals surface area contributed by atoms with Crippen LogP contribution in [0.2, 0.25) is 0 Å². The summed E-state index contributed by atoms with van der Waals surface area (Å²) < 4.78 is 6.28. The van der Waals surface area contributed by atoms with E-state index in [0.29, 0.717) is 26.3 Å². The Labute approximate surface area is 160 Å². The van der Waals surface area contributed by atoms with Crippen LogP contribution in [0, 0.1) is 5.92 Å². The van der Waals surface area contributed by atoms with Crippen molar-refractivity contribution < 1.29 is 14.3 Å². The van der Waals surface area contributed by atoms with Gasteiger partial charge in [0.1, 0.15) is 0 Å². The molecule has 0 bridgehead atoms. The van der Waals surface area contributed by atoms with Crippen LogP contribution >= 0.6 is 15.9 Å². The maximum Gasteiger partial charge on any atom is 0.226 e. The molecule has 2 aliphatic rings. The topological polar surface area (TPSA) is 88.4 Å². The number of morpholine rings is 1. The van der Waals surface area contributed by atoms with E-state index in [1.807, 2.05) is 11.0 Å². The molecule has 1 unspecified atom stereocenters. The van der Waals surface area contributed by atoms with Crippen molar-refractivity contribution in [1.82, 2.24) is 9.88 Å². The van der Waals surface area contributed by atoms with Crippen molar-refractivity contribution in [1.29, 1.82) is 0 Å². The van der Waals surface area contributed by atoms with Gasteiger partial charge < -0.3 is 20.4 Å². The molecule has 1 aliphatic carbocycles. The normalized spacial score (nSPS) is 20.2. The van der Waals surface area contributed by atoms with Crippen molar-refractivity contribution in [3.63, 3.8) is 0 Å². The van der Waals surface area contributed by atoms with Gasteiger partial charge in [0.2, 0.25) is 11.8 Å². The third kappa shape index (κ3) is 3.25. The van der Waals surface area contributed by atoms with Gasteiger partial charge in [-0.25, -0.2) is 0 Å². The fourth-order valence-corrected chi connectivity index (χ4v) is 4.64. The predicted octanol–water partition coefficient (Wildman–Crippen LogP) is 1.92. The highest BCUT2D eigenvalue weighted by Crippen LogP contribution is 2.35. The van der Waals surface area contributed by atoms with E-state index in [-0.39, 0.29) is 24.2 Å². The molecule has 0 saturated carbocycles. The summed E-state index contributed by atoms with van der Waals surface area (Å²) in [6.07, 6.45) is 2.63. The number of amides is 2. The number of halogens is 1. The van der Waals surface area contributed by atoms with Gasteiger partial charge in [0.05, 0.1) is 19.6 Å². The van der Waals surface area contributed by atoms with Gasteiger partial charge in [0, 0.05) is 40.1 Å². The first-order chi connectivity index (χ1) is 12.5. The maximum absolute atomic E-state index is 12.9. The number of fused-ring (bicyclic) bond motifs is 3. The number of primary amides is 1. The molecule has 3 N–H and O–H groups in total. The number of carbonyl (C=O) groups excluding carboxylic acids is 2. The standard InChI is InChI=1S/C19H22BrN3O3/c20-13-7-12(9-17(21)24)18-15(10-13)14-8-11(1-2-16(14)22-18)19(25)23-3-5-26-6-4-23/h7,10-11,22H,1-6,8-9H2,(H2,21,24). The number of benzene rings is 1. The minimum absolute atomic E-state index is 0.0122. The molecule has 2 heterocycles. The molecule has 7 heteroatoms. The molecule has 0 radical (unpaired) electrons. The van der Waals surface area contributed by atoms with E-state index < -0.39 is 0 Å². The van der Waals surface area contributed by atoms with Crippen molar-refractivity contribution in [2.75, 3.05) is 26.3 Å². The van der Waals surface area contributed by atoms with Gasteiger partial charge in [-0.15, -0.1) is 0 Å². The Morgan fingerprint density at radius 2 is 2.08 bits per heavy atom. The number of nitrogens with two attached hydrogens (primary N) is 1. The zero-order valence-corrected chi connectivity index (χ0v) is 16.1. The van der Waals surface area contributed by atoms with E-state index >= 15 is 0 Å². The lowest BCUT2D eigenvalue weighted by molar-refractivity contribution is -0.140. The Morgan fingerprint density at radius 1 is 1.31 bits per heavy atom. The zero-order valence-electron chi connectivity index (χ0n) is 14.5. The van der Waals surface area contributed by atoms with Crippen LogP contribution in [0.4, 0.5) is 0 Å². The molecular formula is C19H22BrN3O3. The molecular weight excluding hydrogens is 398 g/mol. The van der Waals surface area contributed by atoms with Crippen LogP contribution in [0.3, 0.4) is 0 Å². The Balaban J connectivity index is 1.66. The molecule has 6 nitrogen and oxygen atoms in total. The van der Waals surface area contributed by atoms with Crippen molar-refractivity contribution in [2.45, 2.75) is 25.7 Å². The van der Waals surface area contributed by atoms with Crippen molar-refractivity contribution >= 4 is 38.6 Å². The van der Waals surface area contributed by atoms with Gasteiger partial charge in [-0.2, -0.15) is 0 Å². The second kappa shape index (κ2) is 7.04. The number of nitrogens with one attached hydrogen (secondary N) is 1. The molecule has 2 amide bonds. The predicted molar refractivity (Wildman–Crippen MR) is 102 cm³/mol. The summed E-state index contributed by atoms with van der Waals surface area (Å²) >= 11 is 3.54. The van der Waals surface area contributed by atoms with Crippen LogP contribution < -0.4 is 5.73 Å². The summed E-state index contributed by atoms with van der Waals surface area (Å²) in [4.78, 5) is 29.7. The highest BCUT2D eigenvalue weighted by Gasteiger charge is 2.31. The number of aryl methyl sites for hydroxylation is 1. The minimum Gasteiger partial charge on any atom is -0.378 e. The number of ether oxygens (including phenoxy) is 1. The van der Waals surface area contributed by atoms with Crippen LogP contribution in [0.25, 0.3) is 10.9 Å². The lowest BCUT2D eigenvalue weighted by atomic mass is 9.85. The summed E-state index contributed by atoms with van der Waals surface area (Å²) in [6, 6.07) is 4.00. The smallest absolute Gasteiger partial charge is 0.226 e. The van der Waals surface area contributed by atoms with Crippen LogP contribution in [0.1, 0.15) is 23.2 Å². The van der Waals surface area contributed by atoms with Gasteiger partial charge >= 0.3 is 0 Å². The van der Waals surface area contributed by atoms with Crippen molar-refractivity contribution in [3.05, 3.63) is 33.4 Å². The van der Waals surface area contributed by atoms with Crippen LogP contribution in [0.15, 0.2) is 16.6 Å². The largest absolute Gasteiger partial charge is 0.378 e. The Bertz CT molecular complexity index is 871. The summed E-state index contributed by atoms with van der Waals surface area (Å²) in [5.74, 6) is -0.101. The summed E-state index contributed by atoms with van der Waals surface area (Å²) in [5.41, 5.74) is 9.64. The van der Waals surface area contributed by atoms with Crippen LogP contribution in [-0.4, -0.2) is 48.0 Å². The number of rotatable bonds is 3. The van der Waals surface area contributed by atoms with Crippen molar-refractivity contribution in [2.24, 2.45) is 11.7 Å². The number of hydrogen-bond acceptors (Lipinski definition) is 3. The average Bonchev–Trinajstić information content (AvgIpc) is 2.99. The minimum atomic E-state index is -0.350. The molecule has 1 saturated heterocycles. The molecule has 1 aromatic heterocycles. The third-order valence-corrected chi connectivity index (χ3v) is 5.84. The molecule has 1 atom stereocenters. The van der Waals surface area contributed by atoms with Crippen LogP contribution in [-0.2, 0) is 33.6 Å². The highest BCUT2D eigenvalue weighted by atomic mass is 79.9. The van der Waals surface area contributed by atoms with E-state index in [9.17, 15) is 9.59 Å². The fraction of sp³-hybridized carbons (Fsp3) is 0.474. The first-order valence-electron chi connectivity index (χ1n) is 8.99. The average molecular weight is 420 g/mol. The number of H-pyrrole nitrogens is 1. The van der Waals surface area contributed by atoms with Gasteiger partial charge in [-0.05, 0) is 42.5 Å². The molecule has 0 spiro atoms. The molecule has 1 aliphatic heterocycles. The Kier molecular flexibility index (Phi) is 4.75. The number of aromatic amines is 1. The van der Waals surface area contributed by atoms with Crippen LogP contribution in [0.5, 0.6) is 0 Å². The third-order valence-electron chi connectivity index (χ3n) is 5.38. The van der Waals surface area contributed by atoms with Gasteiger partial charge in [-0.1, -0.05) is 15.9 Å². The van der Waals surface area contributed by atoms with E-state index in [4.69, 9.17) is 10.5 Å². The maximum atomic E-state index is 12.9. The number of carbonyl (C=O) groups is 2. The number of nitrogens with zero attached hydrogens (tertiary/aromatic N) is 1. The second-order valence-electron chi connectivity index (χ2n) is 7.09. The summed E-state index contributed by atoms with van der Waals surface area (Å²) in [7, 11) is 0. The van der Waals surface area contributed by atoms with Crippen molar-refractivity contribution in [3.8, 4) is 0 Å². The lowest BCUT2D eigenvalue weighted by Crippen LogP contribution is -2.44. The van der Waals surface area contributed by atoms with E-state index in [2.05, 4.69) is 27.0 Å². The Morgan fingerprint density at radius 3 is 2.81 bits per heavy atom. The quantitative estimate of drug-likeness (QED) is 0.796. The molecule has 138 valence electrons. The Hall–Kier alpha value is -1.86. The fourth-order valence-electron chi connectivity index (χ4n) is 4.13. The summed E-state index contributed by atoms with van der Waals surface area (Å²) in [5, 5.41) is 1.09. The lowest BCUT2D eigenvalue weighted by Gasteiger charge is -2.32. The first-order valence-corrected chi connectivity index (χ1v) is 9.79. The highest BCUT2D eigenvalue weighted by molar-refractivity contribution is 9.10. The van der Waals surface area contributed by atoms with Gasteiger partial charge in [-0.3, -0.25) is 9.59 Å². The van der Waals surface area contributed by atoms with E-state index in [0.717, 1.165) is 40.2 Å². The molecule has 2 aromatic rings. The second-order valence-corrected chi connectivity index (χ2v) is 8.01. The van der Waals surface area contributed by atoms with E-state index in [1.165, 1.54) is 11.3 Å². The SMILES string of the molecule is NC(=O)Cc1cc(Br)cc2c3c([nH]c12)CCC(C(=O)N1CCOCC1)C3.